The number of Topliss-reactive ketones (excluding diaryl/α,β-unsaturated/α-hetero) is 1. The van der Waals surface area contributed by atoms with E-state index in [-0.39, 0.29) is 15.8 Å². The number of hydrogen-bond acceptors (Lipinski definition) is 1. The molecule has 1 nitrogen and oxygen atoms in total. The number of benzene rings is 1. The van der Waals surface area contributed by atoms with Gasteiger partial charge in [-0.25, -0.2) is 8.78 Å². The minimum Gasteiger partial charge on any atom is -0.299 e. The summed E-state index contributed by atoms with van der Waals surface area (Å²) in [5, 5.41) is 0. The second kappa shape index (κ2) is 3.42. The van der Waals surface area contributed by atoms with Crippen molar-refractivity contribution < 1.29 is 13.6 Å². The fraction of sp³-hybridized carbons (Fsp3) is 0.300. The van der Waals surface area contributed by atoms with E-state index >= 15 is 0 Å². The standard InChI is InChI=1S/C10H7BrF2O/c11-6-2-3-7(12)9(10(6)13)5-1-4-8(5)14/h2-3,5H,1,4H2. The molecule has 0 amide bonds. The van der Waals surface area contributed by atoms with E-state index in [0.29, 0.717) is 12.8 Å². The maximum absolute atomic E-state index is 13.5. The molecule has 4 heteroatoms. The highest BCUT2D eigenvalue weighted by atomic mass is 79.9. The average Bonchev–Trinajstić information content (AvgIpc) is 2.16. The Hall–Kier alpha value is -0.770. The third kappa shape index (κ3) is 1.38. The van der Waals surface area contributed by atoms with E-state index in [1.54, 1.807) is 0 Å². The van der Waals surface area contributed by atoms with E-state index in [0.717, 1.165) is 0 Å². The summed E-state index contributed by atoms with van der Waals surface area (Å²) >= 11 is 2.97. The summed E-state index contributed by atoms with van der Waals surface area (Å²) in [6.45, 7) is 0. The molecule has 0 spiro atoms. The van der Waals surface area contributed by atoms with Crippen LogP contribution < -0.4 is 0 Å². The lowest BCUT2D eigenvalue weighted by Gasteiger charge is -2.25. The van der Waals surface area contributed by atoms with Crippen LogP contribution in [0.15, 0.2) is 16.6 Å². The molecule has 2 rings (SSSR count). The Morgan fingerprint density at radius 2 is 2.07 bits per heavy atom. The molecule has 1 unspecified atom stereocenters. The number of rotatable bonds is 1. The Labute approximate surface area is 88.2 Å². The Kier molecular flexibility index (Phi) is 2.39. The Balaban J connectivity index is 2.50. The fourth-order valence-corrected chi connectivity index (χ4v) is 1.92. The maximum atomic E-state index is 13.5. The Bertz CT molecular complexity index is 403. The van der Waals surface area contributed by atoms with Gasteiger partial charge in [0.05, 0.1) is 4.47 Å². The number of carbonyl (C=O) groups excluding carboxylic acids is 1. The van der Waals surface area contributed by atoms with Crippen LogP contribution >= 0.6 is 15.9 Å². The van der Waals surface area contributed by atoms with Crippen LogP contribution in [0.4, 0.5) is 8.78 Å². The molecule has 14 heavy (non-hydrogen) atoms. The van der Waals surface area contributed by atoms with Crippen molar-refractivity contribution in [2.24, 2.45) is 0 Å². The van der Waals surface area contributed by atoms with Crippen LogP contribution in [0.3, 0.4) is 0 Å². The molecule has 1 aromatic rings. The summed E-state index contributed by atoms with van der Waals surface area (Å²) < 4.78 is 26.9. The second-order valence-electron chi connectivity index (χ2n) is 3.31. The SMILES string of the molecule is O=C1CCC1c1c(F)ccc(Br)c1F. The molecule has 0 saturated heterocycles. The van der Waals surface area contributed by atoms with Crippen molar-refractivity contribution >= 4 is 21.7 Å². The number of ketones is 1. The van der Waals surface area contributed by atoms with Gasteiger partial charge in [-0.2, -0.15) is 0 Å². The first-order valence-electron chi connectivity index (χ1n) is 4.27. The van der Waals surface area contributed by atoms with Crippen LogP contribution in [0.25, 0.3) is 0 Å². The van der Waals surface area contributed by atoms with E-state index in [9.17, 15) is 13.6 Å². The highest BCUT2D eigenvalue weighted by Gasteiger charge is 2.34. The molecule has 0 heterocycles. The summed E-state index contributed by atoms with van der Waals surface area (Å²) in [6.07, 6.45) is 0.971. The Morgan fingerprint density at radius 1 is 1.36 bits per heavy atom. The normalized spacial score (nSPS) is 20.8. The lowest BCUT2D eigenvalue weighted by atomic mass is 9.78. The van der Waals surface area contributed by atoms with Gasteiger partial charge in [0.15, 0.2) is 0 Å². The third-order valence-electron chi connectivity index (χ3n) is 2.50. The summed E-state index contributed by atoms with van der Waals surface area (Å²) in [4.78, 5) is 11.1. The molecule has 0 N–H and O–H groups in total. The maximum Gasteiger partial charge on any atom is 0.144 e. The van der Waals surface area contributed by atoms with Crippen molar-refractivity contribution in [1.82, 2.24) is 0 Å². The zero-order valence-corrected chi connectivity index (χ0v) is 8.77. The van der Waals surface area contributed by atoms with Gasteiger partial charge in [0.25, 0.3) is 0 Å². The first-order valence-corrected chi connectivity index (χ1v) is 5.06. The van der Waals surface area contributed by atoms with E-state index in [4.69, 9.17) is 0 Å². The van der Waals surface area contributed by atoms with Crippen LogP contribution in [0.2, 0.25) is 0 Å². The van der Waals surface area contributed by atoms with Crippen molar-refractivity contribution in [3.63, 3.8) is 0 Å². The minimum absolute atomic E-state index is 0.0825. The quantitative estimate of drug-likeness (QED) is 0.709. The van der Waals surface area contributed by atoms with Gasteiger partial charge in [-0.05, 0) is 34.5 Å². The third-order valence-corrected chi connectivity index (χ3v) is 3.11. The largest absolute Gasteiger partial charge is 0.299 e. The first kappa shape index (κ1) is 9.77. The summed E-state index contributed by atoms with van der Waals surface area (Å²) in [5.74, 6) is -1.94. The zero-order chi connectivity index (χ0) is 10.3. The average molecular weight is 261 g/mol. The number of halogens is 3. The van der Waals surface area contributed by atoms with Gasteiger partial charge >= 0.3 is 0 Å². The Morgan fingerprint density at radius 3 is 2.57 bits per heavy atom. The minimum atomic E-state index is -0.650. The van der Waals surface area contributed by atoms with Gasteiger partial charge in [-0.1, -0.05) is 0 Å². The number of hydrogen-bond donors (Lipinski definition) is 0. The molecule has 1 atom stereocenters. The van der Waals surface area contributed by atoms with Crippen LogP contribution in [0.5, 0.6) is 0 Å². The van der Waals surface area contributed by atoms with E-state index in [1.807, 2.05) is 0 Å². The van der Waals surface area contributed by atoms with Gasteiger partial charge in [-0.15, -0.1) is 0 Å². The molecule has 74 valence electrons. The fourth-order valence-electron chi connectivity index (χ4n) is 1.57. The summed E-state index contributed by atoms with van der Waals surface area (Å²) in [6, 6.07) is 2.48. The predicted octanol–water partition coefficient (Wildman–Crippen LogP) is 3.17. The zero-order valence-electron chi connectivity index (χ0n) is 7.19. The lowest BCUT2D eigenvalue weighted by Crippen LogP contribution is -2.25. The van der Waals surface area contributed by atoms with Gasteiger partial charge in [0.1, 0.15) is 17.4 Å². The topological polar surface area (TPSA) is 17.1 Å². The van der Waals surface area contributed by atoms with Gasteiger partial charge in [0.2, 0.25) is 0 Å². The van der Waals surface area contributed by atoms with Crippen LogP contribution in [0, 0.1) is 11.6 Å². The molecule has 1 fully saturated rings. The molecule has 0 bridgehead atoms. The molecule has 1 aromatic carbocycles. The van der Waals surface area contributed by atoms with E-state index in [2.05, 4.69) is 15.9 Å². The highest BCUT2D eigenvalue weighted by Crippen LogP contribution is 2.37. The molecular formula is C10H7BrF2O. The van der Waals surface area contributed by atoms with Gasteiger partial charge < -0.3 is 0 Å². The van der Waals surface area contributed by atoms with Gasteiger partial charge in [-0.3, -0.25) is 4.79 Å². The van der Waals surface area contributed by atoms with Crippen molar-refractivity contribution in [2.45, 2.75) is 18.8 Å². The molecule has 0 aromatic heterocycles. The molecule has 0 radical (unpaired) electrons. The smallest absolute Gasteiger partial charge is 0.144 e. The summed E-state index contributed by atoms with van der Waals surface area (Å²) in [7, 11) is 0. The predicted molar refractivity (Wildman–Crippen MR) is 51.0 cm³/mol. The molecule has 1 aliphatic carbocycles. The monoisotopic (exact) mass is 260 g/mol. The van der Waals surface area contributed by atoms with Gasteiger partial charge in [0, 0.05) is 17.9 Å². The molecule has 1 saturated carbocycles. The molecule has 1 aliphatic rings. The van der Waals surface area contributed by atoms with E-state index in [1.165, 1.54) is 12.1 Å². The van der Waals surface area contributed by atoms with Crippen molar-refractivity contribution in [2.75, 3.05) is 0 Å². The van der Waals surface area contributed by atoms with Crippen molar-refractivity contribution in [3.05, 3.63) is 33.8 Å². The molecular weight excluding hydrogens is 254 g/mol. The molecule has 0 aliphatic heterocycles. The number of carbonyl (C=O) groups is 1. The second-order valence-corrected chi connectivity index (χ2v) is 4.17. The van der Waals surface area contributed by atoms with Crippen LogP contribution in [0.1, 0.15) is 24.3 Å². The lowest BCUT2D eigenvalue weighted by molar-refractivity contribution is -0.125. The highest BCUT2D eigenvalue weighted by molar-refractivity contribution is 9.10. The van der Waals surface area contributed by atoms with Crippen LogP contribution in [-0.2, 0) is 4.79 Å². The van der Waals surface area contributed by atoms with Crippen LogP contribution in [-0.4, -0.2) is 5.78 Å². The first-order chi connectivity index (χ1) is 6.61. The summed E-state index contributed by atoms with van der Waals surface area (Å²) in [5.41, 5.74) is -0.0874. The van der Waals surface area contributed by atoms with E-state index < -0.39 is 17.6 Å². The van der Waals surface area contributed by atoms with Crippen molar-refractivity contribution in [3.8, 4) is 0 Å². The van der Waals surface area contributed by atoms with Crippen molar-refractivity contribution in [1.29, 1.82) is 0 Å².